The summed E-state index contributed by atoms with van der Waals surface area (Å²) in [5.74, 6) is -0.154. The average Bonchev–Trinajstić information content (AvgIpc) is 2.45. The smallest absolute Gasteiger partial charge is 0.258 e. The molecule has 0 spiro atoms. The van der Waals surface area contributed by atoms with Crippen LogP contribution in [0.25, 0.3) is 0 Å². The van der Waals surface area contributed by atoms with Crippen LogP contribution in [0.1, 0.15) is 10.4 Å². The summed E-state index contributed by atoms with van der Waals surface area (Å²) in [4.78, 5) is 14.1. The van der Waals surface area contributed by atoms with Gasteiger partial charge in [-0.15, -0.1) is 0 Å². The molecule has 1 heterocycles. The SMILES string of the molecule is Nc1cc(F)cc(C(=O)N2CCOc3ccccc32)c1. The average molecular weight is 272 g/mol. The van der Waals surface area contributed by atoms with E-state index in [-0.39, 0.29) is 17.2 Å². The number of benzene rings is 2. The van der Waals surface area contributed by atoms with Gasteiger partial charge in [-0.25, -0.2) is 4.39 Å². The van der Waals surface area contributed by atoms with Crippen molar-refractivity contribution in [2.24, 2.45) is 0 Å². The Morgan fingerprint density at radius 2 is 2.05 bits per heavy atom. The van der Waals surface area contributed by atoms with Crippen molar-refractivity contribution >= 4 is 17.3 Å². The maximum absolute atomic E-state index is 13.4. The van der Waals surface area contributed by atoms with Crippen LogP contribution in [0.15, 0.2) is 42.5 Å². The molecular formula is C15H13FN2O2. The normalized spacial score (nSPS) is 13.6. The first kappa shape index (κ1) is 12.5. The molecule has 1 aliphatic heterocycles. The molecule has 0 fully saturated rings. The molecule has 2 N–H and O–H groups in total. The zero-order valence-electron chi connectivity index (χ0n) is 10.7. The second kappa shape index (κ2) is 4.85. The Labute approximate surface area is 115 Å². The van der Waals surface area contributed by atoms with E-state index in [0.717, 1.165) is 0 Å². The molecule has 102 valence electrons. The molecule has 0 saturated carbocycles. The Balaban J connectivity index is 1.99. The Morgan fingerprint density at radius 1 is 1.25 bits per heavy atom. The number of rotatable bonds is 1. The number of carbonyl (C=O) groups is 1. The number of hydrogen-bond donors (Lipinski definition) is 1. The quantitative estimate of drug-likeness (QED) is 0.811. The molecule has 2 aromatic rings. The number of carbonyl (C=O) groups excluding carboxylic acids is 1. The Morgan fingerprint density at radius 3 is 2.85 bits per heavy atom. The minimum atomic E-state index is -0.519. The molecule has 2 aromatic carbocycles. The number of fused-ring (bicyclic) bond motifs is 1. The highest BCUT2D eigenvalue weighted by Crippen LogP contribution is 2.32. The third-order valence-electron chi connectivity index (χ3n) is 3.14. The molecule has 0 unspecified atom stereocenters. The van der Waals surface area contributed by atoms with E-state index in [9.17, 15) is 9.18 Å². The third-order valence-corrected chi connectivity index (χ3v) is 3.14. The van der Waals surface area contributed by atoms with Gasteiger partial charge < -0.3 is 15.4 Å². The van der Waals surface area contributed by atoms with Crippen molar-refractivity contribution in [3.63, 3.8) is 0 Å². The molecule has 0 radical (unpaired) electrons. The second-order valence-electron chi connectivity index (χ2n) is 4.55. The summed E-state index contributed by atoms with van der Waals surface area (Å²) >= 11 is 0. The summed E-state index contributed by atoms with van der Waals surface area (Å²) < 4.78 is 18.9. The highest BCUT2D eigenvalue weighted by atomic mass is 19.1. The van der Waals surface area contributed by atoms with E-state index in [2.05, 4.69) is 0 Å². The topological polar surface area (TPSA) is 55.6 Å². The first-order valence-electron chi connectivity index (χ1n) is 6.25. The van der Waals surface area contributed by atoms with E-state index in [1.54, 1.807) is 17.0 Å². The van der Waals surface area contributed by atoms with Gasteiger partial charge in [0, 0.05) is 11.3 Å². The minimum Gasteiger partial charge on any atom is -0.490 e. The van der Waals surface area contributed by atoms with Crippen molar-refractivity contribution in [3.05, 3.63) is 53.8 Å². The van der Waals surface area contributed by atoms with E-state index >= 15 is 0 Å². The summed E-state index contributed by atoms with van der Waals surface area (Å²) in [6, 6.07) is 11.1. The summed E-state index contributed by atoms with van der Waals surface area (Å²) in [6.45, 7) is 0.833. The van der Waals surface area contributed by atoms with Crippen LogP contribution >= 0.6 is 0 Å². The molecule has 0 aliphatic carbocycles. The number of nitrogens with two attached hydrogens (primary N) is 1. The highest BCUT2D eigenvalue weighted by Gasteiger charge is 2.24. The monoisotopic (exact) mass is 272 g/mol. The molecule has 5 heteroatoms. The molecule has 1 aliphatic rings. The van der Waals surface area contributed by atoms with Crippen molar-refractivity contribution in [2.45, 2.75) is 0 Å². The van der Waals surface area contributed by atoms with E-state index in [4.69, 9.17) is 10.5 Å². The summed E-state index contributed by atoms with van der Waals surface area (Å²) in [6.07, 6.45) is 0. The fraction of sp³-hybridized carbons (Fsp3) is 0.133. The summed E-state index contributed by atoms with van der Waals surface area (Å²) in [7, 11) is 0. The van der Waals surface area contributed by atoms with Gasteiger partial charge in [0.15, 0.2) is 0 Å². The van der Waals surface area contributed by atoms with E-state index in [0.29, 0.717) is 24.6 Å². The van der Waals surface area contributed by atoms with Gasteiger partial charge in [-0.3, -0.25) is 4.79 Å². The highest BCUT2D eigenvalue weighted by molar-refractivity contribution is 6.07. The van der Waals surface area contributed by atoms with Crippen LogP contribution in [0.3, 0.4) is 0 Å². The third kappa shape index (κ3) is 2.18. The van der Waals surface area contributed by atoms with E-state index in [1.807, 2.05) is 12.1 Å². The largest absolute Gasteiger partial charge is 0.490 e. The van der Waals surface area contributed by atoms with Gasteiger partial charge in [0.1, 0.15) is 18.2 Å². The zero-order chi connectivity index (χ0) is 14.1. The molecule has 0 aromatic heterocycles. The van der Waals surface area contributed by atoms with Crippen LogP contribution in [0.5, 0.6) is 5.75 Å². The number of nitrogen functional groups attached to an aromatic ring is 1. The van der Waals surface area contributed by atoms with Crippen LogP contribution in [-0.4, -0.2) is 19.1 Å². The summed E-state index contributed by atoms with van der Waals surface area (Å²) in [5, 5.41) is 0. The molecule has 0 saturated heterocycles. The Kier molecular flexibility index (Phi) is 3.02. The van der Waals surface area contributed by atoms with Crippen molar-refractivity contribution in [1.29, 1.82) is 0 Å². The number of hydrogen-bond acceptors (Lipinski definition) is 3. The van der Waals surface area contributed by atoms with Gasteiger partial charge in [0.05, 0.1) is 12.2 Å². The van der Waals surface area contributed by atoms with Gasteiger partial charge in [-0.05, 0) is 30.3 Å². The van der Waals surface area contributed by atoms with Crippen molar-refractivity contribution in [3.8, 4) is 5.75 Å². The predicted octanol–water partition coefficient (Wildman–Crippen LogP) is 2.45. The van der Waals surface area contributed by atoms with Gasteiger partial charge in [0.2, 0.25) is 0 Å². The maximum atomic E-state index is 13.4. The van der Waals surface area contributed by atoms with Crippen LogP contribution in [0, 0.1) is 5.82 Å². The minimum absolute atomic E-state index is 0.231. The second-order valence-corrected chi connectivity index (χ2v) is 4.55. The maximum Gasteiger partial charge on any atom is 0.258 e. The van der Waals surface area contributed by atoms with Gasteiger partial charge in [0.25, 0.3) is 5.91 Å². The lowest BCUT2D eigenvalue weighted by molar-refractivity contribution is 0.0976. The number of ether oxygens (including phenoxy) is 1. The molecule has 0 bridgehead atoms. The lowest BCUT2D eigenvalue weighted by atomic mass is 10.1. The molecule has 3 rings (SSSR count). The number of nitrogens with zero attached hydrogens (tertiary/aromatic N) is 1. The molecule has 20 heavy (non-hydrogen) atoms. The number of amides is 1. The molecule has 1 amide bonds. The number of halogens is 1. The fourth-order valence-corrected chi connectivity index (χ4v) is 2.27. The first-order chi connectivity index (χ1) is 9.65. The van der Waals surface area contributed by atoms with Crippen molar-refractivity contribution < 1.29 is 13.9 Å². The van der Waals surface area contributed by atoms with Crippen LogP contribution in [0.2, 0.25) is 0 Å². The molecule has 4 nitrogen and oxygen atoms in total. The van der Waals surface area contributed by atoms with Crippen LogP contribution < -0.4 is 15.4 Å². The zero-order valence-corrected chi connectivity index (χ0v) is 10.7. The molecule has 0 atom stereocenters. The van der Waals surface area contributed by atoms with Crippen LogP contribution in [0.4, 0.5) is 15.8 Å². The lowest BCUT2D eigenvalue weighted by Gasteiger charge is -2.29. The standard InChI is InChI=1S/C15H13FN2O2/c16-11-7-10(8-12(17)9-11)15(19)18-5-6-20-14-4-2-1-3-13(14)18/h1-4,7-9H,5-6,17H2. The Bertz CT molecular complexity index is 652. The van der Waals surface area contributed by atoms with Crippen molar-refractivity contribution in [2.75, 3.05) is 23.8 Å². The van der Waals surface area contributed by atoms with E-state index < -0.39 is 5.82 Å². The van der Waals surface area contributed by atoms with Gasteiger partial charge in [-0.1, -0.05) is 12.1 Å². The van der Waals surface area contributed by atoms with Crippen molar-refractivity contribution in [1.82, 2.24) is 0 Å². The number of anilines is 2. The van der Waals surface area contributed by atoms with Crippen LogP contribution in [-0.2, 0) is 0 Å². The summed E-state index contributed by atoms with van der Waals surface area (Å²) in [5.41, 5.74) is 6.74. The lowest BCUT2D eigenvalue weighted by Crippen LogP contribution is -2.38. The van der Waals surface area contributed by atoms with Gasteiger partial charge in [-0.2, -0.15) is 0 Å². The van der Waals surface area contributed by atoms with Gasteiger partial charge >= 0.3 is 0 Å². The fourth-order valence-electron chi connectivity index (χ4n) is 2.27. The Hall–Kier alpha value is -2.56. The first-order valence-corrected chi connectivity index (χ1v) is 6.25. The predicted molar refractivity (Wildman–Crippen MR) is 74.4 cm³/mol. The number of para-hydroxylation sites is 2. The van der Waals surface area contributed by atoms with E-state index in [1.165, 1.54) is 18.2 Å². The molecular weight excluding hydrogens is 259 g/mol.